The van der Waals surface area contributed by atoms with Gasteiger partial charge in [-0.2, -0.15) is 0 Å². The first-order valence-corrected chi connectivity index (χ1v) is 9.88. The molecule has 0 spiro atoms. The number of rotatable bonds is 10. The molecule has 0 saturated heterocycles. The summed E-state index contributed by atoms with van der Waals surface area (Å²) in [6.45, 7) is 8.15. The first kappa shape index (κ1) is 21.0. The van der Waals surface area contributed by atoms with Crippen LogP contribution in [0.1, 0.15) is 91.9 Å². The third-order valence-corrected chi connectivity index (χ3v) is 4.97. The van der Waals surface area contributed by atoms with Crippen molar-refractivity contribution in [2.45, 2.75) is 104 Å². The Morgan fingerprint density at radius 1 is 0.792 bits per heavy atom. The molecule has 0 amide bonds. The van der Waals surface area contributed by atoms with Gasteiger partial charge in [-0.25, -0.2) is 0 Å². The molecule has 1 rings (SSSR count). The molecular weight excluding hydrogens is 304 g/mol. The molecule has 0 aromatic rings. The Bertz CT molecular complexity index is 336. The second-order valence-electron chi connectivity index (χ2n) is 7.36. The number of hydrogen-bond donors (Lipinski definition) is 0. The van der Waals surface area contributed by atoms with Crippen LogP contribution in [-0.4, -0.2) is 24.1 Å². The van der Waals surface area contributed by atoms with Crippen LogP contribution in [0, 0.1) is 11.8 Å². The smallest absolute Gasteiger partial charge is 0.308 e. The molecule has 0 aromatic heterocycles. The maximum absolute atomic E-state index is 12.1. The average Bonchev–Trinajstić information content (AvgIpc) is 2.58. The topological polar surface area (TPSA) is 52.6 Å². The van der Waals surface area contributed by atoms with E-state index in [9.17, 15) is 9.59 Å². The van der Waals surface area contributed by atoms with Crippen molar-refractivity contribution in [2.75, 3.05) is 0 Å². The van der Waals surface area contributed by atoms with Crippen molar-refractivity contribution in [1.29, 1.82) is 0 Å². The van der Waals surface area contributed by atoms with E-state index in [0.29, 0.717) is 0 Å². The van der Waals surface area contributed by atoms with Crippen LogP contribution < -0.4 is 0 Å². The predicted molar refractivity (Wildman–Crippen MR) is 95.6 cm³/mol. The summed E-state index contributed by atoms with van der Waals surface area (Å²) in [7, 11) is 0. The zero-order valence-corrected chi connectivity index (χ0v) is 16.0. The Balaban J connectivity index is 2.26. The maximum atomic E-state index is 12.1. The fourth-order valence-electron chi connectivity index (χ4n) is 3.09. The molecule has 0 aliphatic heterocycles. The summed E-state index contributed by atoms with van der Waals surface area (Å²) in [6, 6.07) is 0. The molecule has 0 aromatic carbocycles. The van der Waals surface area contributed by atoms with E-state index in [2.05, 4.69) is 13.8 Å². The molecule has 0 N–H and O–H groups in total. The first-order chi connectivity index (χ1) is 11.5. The Kier molecular flexibility index (Phi) is 10.0. The molecule has 4 nitrogen and oxygen atoms in total. The van der Waals surface area contributed by atoms with Gasteiger partial charge in [-0.3, -0.25) is 9.59 Å². The van der Waals surface area contributed by atoms with Gasteiger partial charge in [0.1, 0.15) is 12.2 Å². The van der Waals surface area contributed by atoms with Crippen LogP contribution in [0.4, 0.5) is 0 Å². The summed E-state index contributed by atoms with van der Waals surface area (Å²) in [5.74, 6) is -0.172. The zero-order valence-electron chi connectivity index (χ0n) is 16.0. The molecule has 1 fully saturated rings. The standard InChI is InChI=1S/C20H36O4/c1-5-7-9-15(3)19(21)23-17-11-13-18(14-12-17)24-20(22)16(4)10-8-6-2/h15-18H,5-14H2,1-4H3. The van der Waals surface area contributed by atoms with Crippen LogP contribution in [0.15, 0.2) is 0 Å². The molecule has 0 heterocycles. The number of ether oxygens (including phenoxy) is 2. The highest BCUT2D eigenvalue weighted by Gasteiger charge is 2.28. The number of carbonyl (C=O) groups excluding carboxylic acids is 2. The second-order valence-corrected chi connectivity index (χ2v) is 7.36. The van der Waals surface area contributed by atoms with Gasteiger partial charge < -0.3 is 9.47 Å². The lowest BCUT2D eigenvalue weighted by Crippen LogP contribution is -2.32. The Hall–Kier alpha value is -1.06. The van der Waals surface area contributed by atoms with E-state index in [4.69, 9.17) is 9.47 Å². The van der Waals surface area contributed by atoms with Crippen LogP contribution in [0.3, 0.4) is 0 Å². The van der Waals surface area contributed by atoms with E-state index in [1.54, 1.807) is 0 Å². The highest BCUT2D eigenvalue weighted by Crippen LogP contribution is 2.26. The van der Waals surface area contributed by atoms with Gasteiger partial charge >= 0.3 is 11.9 Å². The SMILES string of the molecule is CCCCC(C)C(=O)OC1CCC(OC(=O)C(C)CCCC)CC1. The summed E-state index contributed by atoms with van der Waals surface area (Å²) in [6.07, 6.45) is 9.32. The lowest BCUT2D eigenvalue weighted by Gasteiger charge is -2.29. The van der Waals surface area contributed by atoms with Crippen molar-refractivity contribution in [3.63, 3.8) is 0 Å². The van der Waals surface area contributed by atoms with Crippen molar-refractivity contribution < 1.29 is 19.1 Å². The van der Waals surface area contributed by atoms with E-state index in [1.807, 2.05) is 13.8 Å². The minimum atomic E-state index is -0.0721. The highest BCUT2D eigenvalue weighted by atomic mass is 16.6. The zero-order chi connectivity index (χ0) is 17.9. The van der Waals surface area contributed by atoms with Crippen molar-refractivity contribution in [1.82, 2.24) is 0 Å². The summed E-state index contributed by atoms with van der Waals surface area (Å²) in [4.78, 5) is 24.1. The average molecular weight is 341 g/mol. The Morgan fingerprint density at radius 2 is 1.12 bits per heavy atom. The molecular formula is C20H36O4. The third kappa shape index (κ3) is 7.67. The van der Waals surface area contributed by atoms with Gasteiger partial charge in [0.15, 0.2) is 0 Å². The van der Waals surface area contributed by atoms with Crippen molar-refractivity contribution in [3.8, 4) is 0 Å². The van der Waals surface area contributed by atoms with Crippen molar-refractivity contribution in [3.05, 3.63) is 0 Å². The van der Waals surface area contributed by atoms with Gasteiger partial charge in [-0.1, -0.05) is 53.4 Å². The van der Waals surface area contributed by atoms with Gasteiger partial charge in [0.05, 0.1) is 11.8 Å². The lowest BCUT2D eigenvalue weighted by atomic mass is 9.94. The molecule has 24 heavy (non-hydrogen) atoms. The summed E-state index contributed by atoms with van der Waals surface area (Å²) in [5, 5.41) is 0. The van der Waals surface area contributed by atoms with Gasteiger partial charge in [-0.05, 0) is 38.5 Å². The maximum Gasteiger partial charge on any atom is 0.308 e. The normalized spacial score (nSPS) is 23.3. The van der Waals surface area contributed by atoms with E-state index in [1.165, 1.54) is 0 Å². The van der Waals surface area contributed by atoms with Crippen LogP contribution in [0.2, 0.25) is 0 Å². The summed E-state index contributed by atoms with van der Waals surface area (Å²) >= 11 is 0. The van der Waals surface area contributed by atoms with Gasteiger partial charge in [-0.15, -0.1) is 0 Å². The van der Waals surface area contributed by atoms with Crippen LogP contribution in [0.5, 0.6) is 0 Å². The highest BCUT2D eigenvalue weighted by molar-refractivity contribution is 5.72. The molecule has 1 aliphatic carbocycles. The van der Waals surface area contributed by atoms with E-state index in [-0.39, 0.29) is 36.0 Å². The molecule has 0 bridgehead atoms. The second kappa shape index (κ2) is 11.5. The first-order valence-electron chi connectivity index (χ1n) is 9.88. The van der Waals surface area contributed by atoms with Crippen LogP contribution in [-0.2, 0) is 19.1 Å². The molecule has 2 atom stereocenters. The largest absolute Gasteiger partial charge is 0.462 e. The summed E-state index contributed by atoms with van der Waals surface area (Å²) in [5.41, 5.74) is 0. The van der Waals surface area contributed by atoms with Gasteiger partial charge in [0.25, 0.3) is 0 Å². The monoisotopic (exact) mass is 340 g/mol. The quantitative estimate of drug-likeness (QED) is 0.523. The molecule has 2 unspecified atom stereocenters. The van der Waals surface area contributed by atoms with E-state index in [0.717, 1.165) is 64.2 Å². The van der Waals surface area contributed by atoms with Crippen molar-refractivity contribution in [2.24, 2.45) is 11.8 Å². The molecule has 1 aliphatic rings. The lowest BCUT2D eigenvalue weighted by molar-refractivity contribution is -0.163. The third-order valence-electron chi connectivity index (χ3n) is 4.97. The molecule has 1 saturated carbocycles. The number of unbranched alkanes of at least 4 members (excludes halogenated alkanes) is 2. The predicted octanol–water partition coefficient (Wildman–Crippen LogP) is 5.04. The Labute approximate surface area is 147 Å². The van der Waals surface area contributed by atoms with Gasteiger partial charge in [0.2, 0.25) is 0 Å². The number of carbonyl (C=O) groups is 2. The fourth-order valence-corrected chi connectivity index (χ4v) is 3.09. The van der Waals surface area contributed by atoms with E-state index < -0.39 is 0 Å². The molecule has 0 radical (unpaired) electrons. The number of esters is 2. The number of hydrogen-bond acceptors (Lipinski definition) is 4. The Morgan fingerprint density at radius 3 is 1.42 bits per heavy atom. The summed E-state index contributed by atoms with van der Waals surface area (Å²) < 4.78 is 11.2. The van der Waals surface area contributed by atoms with Gasteiger partial charge in [0, 0.05) is 0 Å². The molecule has 140 valence electrons. The minimum absolute atomic E-state index is 0.00552. The van der Waals surface area contributed by atoms with Crippen LogP contribution in [0.25, 0.3) is 0 Å². The van der Waals surface area contributed by atoms with Crippen LogP contribution >= 0.6 is 0 Å². The fraction of sp³-hybridized carbons (Fsp3) is 0.900. The molecule has 4 heteroatoms. The van der Waals surface area contributed by atoms with Crippen molar-refractivity contribution >= 4 is 11.9 Å². The minimum Gasteiger partial charge on any atom is -0.462 e. The van der Waals surface area contributed by atoms with E-state index >= 15 is 0 Å².